The second-order valence-corrected chi connectivity index (χ2v) is 4.14. The second-order valence-electron chi connectivity index (χ2n) is 2.64. The largest absolute Gasteiger partial charge is 0.326 e. The average Bonchev–Trinajstić information content (AvgIpc) is 1.99. The first-order valence-electron chi connectivity index (χ1n) is 3.57. The Bertz CT molecular complexity index is 441. The maximum atomic E-state index is 13.0. The van der Waals surface area contributed by atoms with Crippen LogP contribution < -0.4 is 10.9 Å². The van der Waals surface area contributed by atoms with E-state index in [0.29, 0.717) is 0 Å². The molecule has 0 saturated heterocycles. The molecule has 0 aromatic heterocycles. The maximum absolute atomic E-state index is 13.0. The smallest absolute Gasteiger partial charge is 0.243 e. The number of primary sulfonamides is 1. The Labute approximate surface area is 91.7 Å². The van der Waals surface area contributed by atoms with Gasteiger partial charge in [-0.25, -0.2) is 22.3 Å². The number of hydrogen-bond acceptors (Lipinski definition) is 3. The zero-order valence-corrected chi connectivity index (χ0v) is 9.04. The summed E-state index contributed by atoms with van der Waals surface area (Å²) >= 11 is 0. The highest BCUT2D eigenvalue weighted by atomic mass is 35.5. The zero-order chi connectivity index (χ0) is 10.9. The average molecular weight is 259 g/mol. The molecule has 8 heteroatoms. The van der Waals surface area contributed by atoms with Crippen LogP contribution in [0.3, 0.4) is 0 Å². The summed E-state index contributed by atoms with van der Waals surface area (Å²) in [5.41, 5.74) is 5.29. The number of rotatable bonds is 2. The van der Waals surface area contributed by atoms with Gasteiger partial charge < -0.3 is 5.73 Å². The summed E-state index contributed by atoms with van der Waals surface area (Å²) in [4.78, 5) is -1.13. The topological polar surface area (TPSA) is 86.2 Å². The van der Waals surface area contributed by atoms with Gasteiger partial charge >= 0.3 is 0 Å². The summed E-state index contributed by atoms with van der Waals surface area (Å²) in [6.07, 6.45) is 0. The summed E-state index contributed by atoms with van der Waals surface area (Å²) in [6.45, 7) is -0.0846. The molecule has 0 aliphatic carbocycles. The van der Waals surface area contributed by atoms with Crippen LogP contribution in [0.1, 0.15) is 5.56 Å². The van der Waals surface area contributed by atoms with Gasteiger partial charge in [0.05, 0.1) is 0 Å². The van der Waals surface area contributed by atoms with Crippen LogP contribution in [0.15, 0.2) is 17.0 Å². The SMILES string of the molecule is Cl.NCc1cc(F)c(S(N)(=O)=O)c(F)c1. The van der Waals surface area contributed by atoms with Crippen molar-refractivity contribution in [1.82, 2.24) is 0 Å². The van der Waals surface area contributed by atoms with Crippen molar-refractivity contribution in [2.45, 2.75) is 11.4 Å². The van der Waals surface area contributed by atoms with E-state index in [1.807, 2.05) is 0 Å². The zero-order valence-electron chi connectivity index (χ0n) is 7.41. The van der Waals surface area contributed by atoms with Crippen LogP contribution in [0, 0.1) is 11.6 Å². The number of benzene rings is 1. The molecule has 0 amide bonds. The summed E-state index contributed by atoms with van der Waals surface area (Å²) in [7, 11) is -4.38. The van der Waals surface area contributed by atoms with E-state index in [1.54, 1.807) is 0 Å². The van der Waals surface area contributed by atoms with Crippen LogP contribution in [0.25, 0.3) is 0 Å². The van der Waals surface area contributed by atoms with Gasteiger partial charge in [-0.1, -0.05) is 0 Å². The summed E-state index contributed by atoms with van der Waals surface area (Å²) in [5, 5.41) is 4.61. The third kappa shape index (κ3) is 3.10. The van der Waals surface area contributed by atoms with E-state index in [4.69, 9.17) is 5.73 Å². The highest BCUT2D eigenvalue weighted by Gasteiger charge is 2.20. The monoisotopic (exact) mass is 258 g/mol. The van der Waals surface area contributed by atoms with Gasteiger partial charge in [0.1, 0.15) is 11.6 Å². The molecule has 4 nitrogen and oxygen atoms in total. The molecule has 0 atom stereocenters. The van der Waals surface area contributed by atoms with Gasteiger partial charge in [0.25, 0.3) is 0 Å². The minimum atomic E-state index is -4.38. The molecule has 4 N–H and O–H groups in total. The Balaban J connectivity index is 0.00000196. The first-order valence-corrected chi connectivity index (χ1v) is 5.11. The molecule has 1 aromatic rings. The lowest BCUT2D eigenvalue weighted by Crippen LogP contribution is -2.16. The first kappa shape index (κ1) is 14.2. The molecule has 0 spiro atoms. The molecule has 0 heterocycles. The molecule has 1 aromatic carbocycles. The van der Waals surface area contributed by atoms with Crippen LogP contribution >= 0.6 is 12.4 Å². The van der Waals surface area contributed by atoms with Crippen LogP contribution in [-0.4, -0.2) is 8.42 Å². The Morgan fingerprint density at radius 2 is 1.60 bits per heavy atom. The molecule has 0 saturated carbocycles. The van der Waals surface area contributed by atoms with Crippen molar-refractivity contribution in [1.29, 1.82) is 0 Å². The normalized spacial score (nSPS) is 10.9. The van der Waals surface area contributed by atoms with Gasteiger partial charge in [-0.15, -0.1) is 12.4 Å². The quantitative estimate of drug-likeness (QED) is 0.810. The Morgan fingerprint density at radius 1 is 1.20 bits per heavy atom. The number of halogens is 3. The van der Waals surface area contributed by atoms with E-state index in [0.717, 1.165) is 12.1 Å². The molecule has 1 rings (SSSR count). The number of nitrogens with two attached hydrogens (primary N) is 2. The molecule has 0 aliphatic rings. The van der Waals surface area contributed by atoms with Crippen molar-refractivity contribution in [2.75, 3.05) is 0 Å². The molecule has 15 heavy (non-hydrogen) atoms. The fourth-order valence-corrected chi connectivity index (χ4v) is 1.66. The van der Waals surface area contributed by atoms with Crippen LogP contribution in [0.2, 0.25) is 0 Å². The predicted molar refractivity (Wildman–Crippen MR) is 52.9 cm³/mol. The van der Waals surface area contributed by atoms with E-state index in [-0.39, 0.29) is 24.5 Å². The Kier molecular flexibility index (Phi) is 4.60. The Hall–Kier alpha value is -0.760. The molecule has 0 unspecified atom stereocenters. The van der Waals surface area contributed by atoms with Crippen molar-refractivity contribution in [3.8, 4) is 0 Å². The first-order chi connectivity index (χ1) is 6.36. The highest BCUT2D eigenvalue weighted by molar-refractivity contribution is 7.89. The predicted octanol–water partition coefficient (Wildman–Crippen LogP) is 0.493. The van der Waals surface area contributed by atoms with E-state index in [2.05, 4.69) is 5.14 Å². The van der Waals surface area contributed by atoms with Gasteiger partial charge in [0, 0.05) is 6.54 Å². The maximum Gasteiger partial charge on any atom is 0.243 e. The fraction of sp³-hybridized carbons (Fsp3) is 0.143. The number of hydrogen-bond donors (Lipinski definition) is 2. The fourth-order valence-electron chi connectivity index (χ4n) is 1.00. The van der Waals surface area contributed by atoms with Crippen molar-refractivity contribution in [3.05, 3.63) is 29.3 Å². The third-order valence-electron chi connectivity index (χ3n) is 1.58. The van der Waals surface area contributed by atoms with E-state index in [9.17, 15) is 17.2 Å². The summed E-state index contributed by atoms with van der Waals surface area (Å²) < 4.78 is 47.6. The van der Waals surface area contributed by atoms with Gasteiger partial charge in [0.2, 0.25) is 10.0 Å². The Morgan fingerprint density at radius 3 is 1.87 bits per heavy atom. The second kappa shape index (κ2) is 4.84. The van der Waals surface area contributed by atoms with E-state index in [1.165, 1.54) is 0 Å². The molecule has 0 fully saturated rings. The van der Waals surface area contributed by atoms with Crippen LogP contribution in [0.5, 0.6) is 0 Å². The van der Waals surface area contributed by atoms with E-state index >= 15 is 0 Å². The molecule has 86 valence electrons. The summed E-state index contributed by atoms with van der Waals surface area (Å²) in [6, 6.07) is 1.67. The van der Waals surface area contributed by atoms with E-state index < -0.39 is 26.6 Å². The van der Waals surface area contributed by atoms with Crippen molar-refractivity contribution < 1.29 is 17.2 Å². The van der Waals surface area contributed by atoms with Crippen molar-refractivity contribution in [3.63, 3.8) is 0 Å². The third-order valence-corrected chi connectivity index (χ3v) is 2.54. The summed E-state index contributed by atoms with van der Waals surface area (Å²) in [5.74, 6) is -2.46. The van der Waals surface area contributed by atoms with Gasteiger partial charge in [-0.3, -0.25) is 0 Å². The van der Waals surface area contributed by atoms with Crippen molar-refractivity contribution >= 4 is 22.4 Å². The molecule has 0 radical (unpaired) electrons. The van der Waals surface area contributed by atoms with Gasteiger partial charge in [-0.2, -0.15) is 0 Å². The molecule has 0 aliphatic heterocycles. The van der Waals surface area contributed by atoms with Crippen LogP contribution in [-0.2, 0) is 16.6 Å². The minimum Gasteiger partial charge on any atom is -0.326 e. The molecule has 0 bridgehead atoms. The lowest BCUT2D eigenvalue weighted by Gasteiger charge is -2.04. The number of sulfonamides is 1. The lowest BCUT2D eigenvalue weighted by atomic mass is 10.2. The van der Waals surface area contributed by atoms with Crippen LogP contribution in [0.4, 0.5) is 8.78 Å². The molecular weight excluding hydrogens is 250 g/mol. The lowest BCUT2D eigenvalue weighted by molar-refractivity contribution is 0.517. The molecular formula is C7H9ClF2N2O2S. The highest BCUT2D eigenvalue weighted by Crippen LogP contribution is 2.18. The van der Waals surface area contributed by atoms with Gasteiger partial charge in [-0.05, 0) is 17.7 Å². The standard InChI is InChI=1S/C7H8F2N2O2S.ClH/c8-5-1-4(3-10)2-6(9)7(5)14(11,12)13;/h1-2H,3,10H2,(H2,11,12,13);1H. The van der Waals surface area contributed by atoms with Crippen molar-refractivity contribution in [2.24, 2.45) is 10.9 Å². The minimum absolute atomic E-state index is 0. The van der Waals surface area contributed by atoms with Gasteiger partial charge in [0.15, 0.2) is 4.90 Å².